The molecule has 4 aliphatic rings. The van der Waals surface area contributed by atoms with Crippen molar-refractivity contribution in [3.63, 3.8) is 0 Å². The Bertz CT molecular complexity index is 529. The molecular weight excluding hydrogens is 260 g/mol. The van der Waals surface area contributed by atoms with Crippen molar-refractivity contribution >= 4 is 5.78 Å². The number of ketones is 1. The minimum absolute atomic E-state index is 0.116. The molecule has 21 heavy (non-hydrogen) atoms. The zero-order valence-electron chi connectivity index (χ0n) is 12.7. The lowest BCUT2D eigenvalue weighted by molar-refractivity contribution is -0.170. The highest BCUT2D eigenvalue weighted by atomic mass is 16.3. The van der Waals surface area contributed by atoms with Gasteiger partial charge in [0.05, 0.1) is 5.60 Å². The molecule has 0 heterocycles. The maximum atomic E-state index is 12.6. The van der Waals surface area contributed by atoms with Gasteiger partial charge in [-0.05, 0) is 62.7 Å². The SMILES string of the molecule is Cc1ccc(C(=O)CC2(O)C3CC4CC(C3)CC2C4)cc1. The molecule has 0 atom stereocenters. The molecule has 0 unspecified atom stereocenters. The third-order valence-corrected chi connectivity index (χ3v) is 6.37. The van der Waals surface area contributed by atoms with E-state index in [1.54, 1.807) is 0 Å². The number of aliphatic hydroxyl groups is 1. The lowest BCUT2D eigenvalue weighted by Crippen LogP contribution is -2.58. The molecule has 0 radical (unpaired) electrons. The van der Waals surface area contributed by atoms with Crippen LogP contribution in [-0.4, -0.2) is 16.5 Å². The number of aryl methyl sites for hydroxylation is 1. The molecule has 5 rings (SSSR count). The van der Waals surface area contributed by atoms with Gasteiger partial charge in [-0.3, -0.25) is 4.79 Å². The van der Waals surface area contributed by atoms with Crippen molar-refractivity contribution in [2.45, 2.75) is 51.0 Å². The molecule has 2 heteroatoms. The van der Waals surface area contributed by atoms with Gasteiger partial charge in [0.1, 0.15) is 0 Å². The number of hydrogen-bond acceptors (Lipinski definition) is 2. The van der Waals surface area contributed by atoms with E-state index in [1.807, 2.05) is 31.2 Å². The molecule has 0 aliphatic heterocycles. The predicted octanol–water partition coefficient (Wildman–Crippen LogP) is 3.76. The molecule has 1 aromatic carbocycles. The summed E-state index contributed by atoms with van der Waals surface area (Å²) >= 11 is 0. The Labute approximate surface area is 126 Å². The number of carbonyl (C=O) groups excluding carboxylic acids is 1. The van der Waals surface area contributed by atoms with Crippen molar-refractivity contribution < 1.29 is 9.90 Å². The average molecular weight is 284 g/mol. The smallest absolute Gasteiger partial charge is 0.165 e. The Kier molecular flexibility index (Phi) is 3.01. The van der Waals surface area contributed by atoms with Crippen molar-refractivity contribution in [3.8, 4) is 0 Å². The fraction of sp³-hybridized carbons (Fsp3) is 0.632. The predicted molar refractivity (Wildman–Crippen MR) is 82.1 cm³/mol. The second kappa shape index (κ2) is 4.67. The summed E-state index contributed by atoms with van der Waals surface area (Å²) < 4.78 is 0. The number of carbonyl (C=O) groups is 1. The van der Waals surface area contributed by atoms with Crippen LogP contribution in [0.2, 0.25) is 0 Å². The third kappa shape index (κ3) is 2.15. The lowest BCUT2D eigenvalue weighted by atomic mass is 9.49. The molecular formula is C19H24O2. The van der Waals surface area contributed by atoms with E-state index in [0.717, 1.165) is 43.1 Å². The zero-order chi connectivity index (χ0) is 14.6. The molecule has 0 aromatic heterocycles. The van der Waals surface area contributed by atoms with Crippen LogP contribution in [0.5, 0.6) is 0 Å². The average Bonchev–Trinajstić information content (AvgIpc) is 2.45. The van der Waals surface area contributed by atoms with Gasteiger partial charge in [-0.15, -0.1) is 0 Å². The summed E-state index contributed by atoms with van der Waals surface area (Å²) in [6.45, 7) is 2.03. The third-order valence-electron chi connectivity index (χ3n) is 6.37. The molecule has 0 spiro atoms. The number of hydrogen-bond donors (Lipinski definition) is 1. The fourth-order valence-corrected chi connectivity index (χ4v) is 5.39. The largest absolute Gasteiger partial charge is 0.389 e. The first kappa shape index (κ1) is 13.5. The van der Waals surface area contributed by atoms with E-state index < -0.39 is 5.60 Å². The van der Waals surface area contributed by atoms with E-state index in [9.17, 15) is 9.90 Å². The molecule has 2 nitrogen and oxygen atoms in total. The normalized spacial score (nSPS) is 40.5. The van der Waals surface area contributed by atoms with Crippen LogP contribution in [0.3, 0.4) is 0 Å². The van der Waals surface area contributed by atoms with Crippen LogP contribution in [0.1, 0.15) is 54.4 Å². The molecule has 0 amide bonds. The first-order valence-electron chi connectivity index (χ1n) is 8.37. The van der Waals surface area contributed by atoms with Crippen molar-refractivity contribution in [1.29, 1.82) is 0 Å². The minimum atomic E-state index is -0.727. The van der Waals surface area contributed by atoms with Gasteiger partial charge in [-0.25, -0.2) is 0 Å². The Morgan fingerprint density at radius 3 is 2.10 bits per heavy atom. The van der Waals surface area contributed by atoms with Gasteiger partial charge in [0.25, 0.3) is 0 Å². The Morgan fingerprint density at radius 2 is 1.57 bits per heavy atom. The number of Topliss-reactive ketones (excluding diaryl/α,β-unsaturated/α-hetero) is 1. The topological polar surface area (TPSA) is 37.3 Å². The van der Waals surface area contributed by atoms with Gasteiger partial charge in [0.15, 0.2) is 5.78 Å². The Balaban J connectivity index is 1.56. The van der Waals surface area contributed by atoms with Gasteiger partial charge < -0.3 is 5.11 Å². The van der Waals surface area contributed by atoms with Crippen LogP contribution < -0.4 is 0 Å². The van der Waals surface area contributed by atoms with Gasteiger partial charge >= 0.3 is 0 Å². The highest BCUT2D eigenvalue weighted by Crippen LogP contribution is 2.59. The van der Waals surface area contributed by atoms with Gasteiger partial charge in [0, 0.05) is 12.0 Å². The summed E-state index contributed by atoms with van der Waals surface area (Å²) in [6, 6.07) is 7.76. The standard InChI is InChI=1S/C19H24O2/c1-12-2-4-15(5-3-12)18(20)11-19(21)16-7-13-6-14(9-16)10-17(19)8-13/h2-5,13-14,16-17,21H,6-11H2,1H3. The fourth-order valence-electron chi connectivity index (χ4n) is 5.39. The summed E-state index contributed by atoms with van der Waals surface area (Å²) in [5.41, 5.74) is 1.19. The summed E-state index contributed by atoms with van der Waals surface area (Å²) in [5, 5.41) is 11.3. The number of rotatable bonds is 3. The van der Waals surface area contributed by atoms with E-state index in [2.05, 4.69) is 0 Å². The van der Waals surface area contributed by atoms with E-state index in [-0.39, 0.29) is 5.78 Å². The van der Waals surface area contributed by atoms with Crippen LogP contribution in [0, 0.1) is 30.6 Å². The Hall–Kier alpha value is -1.15. The number of benzene rings is 1. The van der Waals surface area contributed by atoms with Crippen LogP contribution in [0.4, 0.5) is 0 Å². The van der Waals surface area contributed by atoms with E-state index in [1.165, 1.54) is 12.0 Å². The van der Waals surface area contributed by atoms with E-state index >= 15 is 0 Å². The second-order valence-corrected chi connectivity index (χ2v) is 7.76. The van der Waals surface area contributed by atoms with Crippen LogP contribution in [0.15, 0.2) is 24.3 Å². The molecule has 4 fully saturated rings. The summed E-state index contributed by atoms with van der Waals surface area (Å²) in [4.78, 5) is 12.6. The highest BCUT2D eigenvalue weighted by Gasteiger charge is 2.56. The molecule has 4 bridgehead atoms. The van der Waals surface area contributed by atoms with Gasteiger partial charge in [-0.1, -0.05) is 29.8 Å². The van der Waals surface area contributed by atoms with Crippen molar-refractivity contribution in [2.75, 3.05) is 0 Å². The first-order valence-corrected chi connectivity index (χ1v) is 8.37. The summed E-state index contributed by atoms with van der Waals surface area (Å²) in [7, 11) is 0. The van der Waals surface area contributed by atoms with E-state index in [4.69, 9.17) is 0 Å². The van der Waals surface area contributed by atoms with Crippen LogP contribution in [-0.2, 0) is 0 Å². The molecule has 1 aromatic rings. The maximum absolute atomic E-state index is 12.6. The van der Waals surface area contributed by atoms with Crippen molar-refractivity contribution in [2.24, 2.45) is 23.7 Å². The van der Waals surface area contributed by atoms with Gasteiger partial charge in [-0.2, -0.15) is 0 Å². The van der Waals surface area contributed by atoms with Crippen LogP contribution in [0.25, 0.3) is 0 Å². The lowest BCUT2D eigenvalue weighted by Gasteiger charge is -2.58. The molecule has 4 aliphatic carbocycles. The molecule has 0 saturated heterocycles. The molecule has 1 N–H and O–H groups in total. The minimum Gasteiger partial charge on any atom is -0.389 e. The maximum Gasteiger partial charge on any atom is 0.165 e. The zero-order valence-corrected chi connectivity index (χ0v) is 12.7. The van der Waals surface area contributed by atoms with Crippen molar-refractivity contribution in [3.05, 3.63) is 35.4 Å². The summed E-state index contributed by atoms with van der Waals surface area (Å²) in [5.74, 6) is 2.49. The molecule has 4 saturated carbocycles. The monoisotopic (exact) mass is 284 g/mol. The quantitative estimate of drug-likeness (QED) is 0.858. The summed E-state index contributed by atoms with van der Waals surface area (Å²) in [6.07, 6.45) is 6.27. The van der Waals surface area contributed by atoms with Crippen molar-refractivity contribution in [1.82, 2.24) is 0 Å². The Morgan fingerprint density at radius 1 is 1.05 bits per heavy atom. The second-order valence-electron chi connectivity index (χ2n) is 7.76. The molecule has 112 valence electrons. The van der Waals surface area contributed by atoms with E-state index in [0.29, 0.717) is 18.3 Å². The highest BCUT2D eigenvalue weighted by molar-refractivity contribution is 5.96. The first-order chi connectivity index (χ1) is 10.0. The van der Waals surface area contributed by atoms with Crippen LogP contribution >= 0.6 is 0 Å². The van der Waals surface area contributed by atoms with Gasteiger partial charge in [0.2, 0.25) is 0 Å².